The van der Waals surface area contributed by atoms with E-state index in [0.29, 0.717) is 5.56 Å². The molecule has 0 bridgehead atoms. The molecule has 1 aromatic heterocycles. The average molecular weight is 251 g/mol. The van der Waals surface area contributed by atoms with Crippen molar-refractivity contribution in [2.45, 2.75) is 20.8 Å². The van der Waals surface area contributed by atoms with E-state index in [4.69, 9.17) is 0 Å². The molecule has 3 heteroatoms. The number of anilines is 2. The minimum Gasteiger partial charge on any atom is -0.343 e. The van der Waals surface area contributed by atoms with Gasteiger partial charge in [0.25, 0.3) is 0 Å². The topological polar surface area (TPSA) is 39.9 Å². The van der Waals surface area contributed by atoms with Crippen LogP contribution in [0.2, 0.25) is 0 Å². The molecule has 0 N–H and O–H groups in total. The van der Waals surface area contributed by atoms with Crippen LogP contribution in [-0.2, 0) is 0 Å². The van der Waals surface area contributed by atoms with E-state index in [1.54, 1.807) is 0 Å². The Morgan fingerprint density at radius 1 is 1.16 bits per heavy atom. The van der Waals surface area contributed by atoms with Gasteiger partial charge in [0.05, 0.1) is 16.9 Å². The molecule has 0 fully saturated rings. The Labute approximate surface area is 114 Å². The van der Waals surface area contributed by atoms with Crippen LogP contribution in [0.1, 0.15) is 22.5 Å². The van der Waals surface area contributed by atoms with Gasteiger partial charge in [-0.2, -0.15) is 5.26 Å². The molecule has 1 aromatic carbocycles. The van der Waals surface area contributed by atoms with Crippen molar-refractivity contribution in [3.63, 3.8) is 0 Å². The van der Waals surface area contributed by atoms with Crippen LogP contribution >= 0.6 is 0 Å². The number of pyridine rings is 1. The van der Waals surface area contributed by atoms with E-state index in [9.17, 15) is 5.26 Å². The SMILES string of the molecule is Cc1cccc(N(C)c2cc(C)nc(C)c2C#N)c1. The number of nitriles is 1. The summed E-state index contributed by atoms with van der Waals surface area (Å²) in [6, 6.07) is 12.4. The average Bonchev–Trinajstić information content (AvgIpc) is 2.37. The van der Waals surface area contributed by atoms with E-state index in [2.05, 4.69) is 30.1 Å². The van der Waals surface area contributed by atoms with E-state index < -0.39 is 0 Å². The smallest absolute Gasteiger partial charge is 0.103 e. The van der Waals surface area contributed by atoms with Crippen molar-refractivity contribution in [3.05, 3.63) is 52.8 Å². The number of hydrogen-bond donors (Lipinski definition) is 0. The molecule has 2 aromatic rings. The molecule has 0 aliphatic carbocycles. The van der Waals surface area contributed by atoms with E-state index >= 15 is 0 Å². The highest BCUT2D eigenvalue weighted by Gasteiger charge is 2.13. The van der Waals surface area contributed by atoms with Gasteiger partial charge >= 0.3 is 0 Å². The number of rotatable bonds is 2. The fourth-order valence-corrected chi connectivity index (χ4v) is 2.19. The van der Waals surface area contributed by atoms with Crippen LogP contribution in [-0.4, -0.2) is 12.0 Å². The van der Waals surface area contributed by atoms with Crippen LogP contribution in [0.5, 0.6) is 0 Å². The summed E-state index contributed by atoms with van der Waals surface area (Å²) in [5.74, 6) is 0. The molecule has 3 nitrogen and oxygen atoms in total. The summed E-state index contributed by atoms with van der Waals surface area (Å²) in [6.07, 6.45) is 0. The maximum absolute atomic E-state index is 9.32. The Balaban J connectivity index is 2.56. The molecule has 0 aliphatic rings. The lowest BCUT2D eigenvalue weighted by Crippen LogP contribution is -2.13. The molecule has 2 rings (SSSR count). The van der Waals surface area contributed by atoms with Gasteiger partial charge in [-0.05, 0) is 44.5 Å². The second kappa shape index (κ2) is 5.11. The van der Waals surface area contributed by atoms with Crippen molar-refractivity contribution < 1.29 is 0 Å². The third-order valence-electron chi connectivity index (χ3n) is 3.17. The van der Waals surface area contributed by atoms with Gasteiger partial charge in [0.2, 0.25) is 0 Å². The van der Waals surface area contributed by atoms with Gasteiger partial charge in [0.1, 0.15) is 6.07 Å². The fraction of sp³-hybridized carbons (Fsp3) is 0.250. The summed E-state index contributed by atoms with van der Waals surface area (Å²) in [5.41, 5.74) is 5.50. The Kier molecular flexibility index (Phi) is 3.52. The molecule has 0 atom stereocenters. The molecule has 19 heavy (non-hydrogen) atoms. The first-order chi connectivity index (χ1) is 9.02. The highest BCUT2D eigenvalue weighted by Crippen LogP contribution is 2.29. The first-order valence-electron chi connectivity index (χ1n) is 6.21. The lowest BCUT2D eigenvalue weighted by molar-refractivity contribution is 1.08. The second-order valence-corrected chi connectivity index (χ2v) is 4.75. The summed E-state index contributed by atoms with van der Waals surface area (Å²) in [4.78, 5) is 6.38. The Hall–Kier alpha value is -2.34. The molecule has 0 spiro atoms. The molecule has 1 heterocycles. The van der Waals surface area contributed by atoms with Crippen LogP contribution in [0.25, 0.3) is 0 Å². The van der Waals surface area contributed by atoms with Crippen molar-refractivity contribution in [2.75, 3.05) is 11.9 Å². The van der Waals surface area contributed by atoms with Crippen LogP contribution in [0, 0.1) is 32.1 Å². The Morgan fingerprint density at radius 3 is 2.53 bits per heavy atom. The standard InChI is InChI=1S/C16H17N3/c1-11-6-5-7-14(8-11)19(4)16-9-12(2)18-13(3)15(16)10-17/h5-9H,1-4H3. The maximum atomic E-state index is 9.32. The molecule has 0 aliphatic heterocycles. The van der Waals surface area contributed by atoms with Gasteiger partial charge in [0, 0.05) is 18.4 Å². The zero-order valence-electron chi connectivity index (χ0n) is 11.7. The quantitative estimate of drug-likeness (QED) is 0.818. The first-order valence-corrected chi connectivity index (χ1v) is 6.21. The van der Waals surface area contributed by atoms with Crippen LogP contribution < -0.4 is 4.90 Å². The largest absolute Gasteiger partial charge is 0.343 e. The molecule has 0 unspecified atom stereocenters. The van der Waals surface area contributed by atoms with Crippen LogP contribution in [0.3, 0.4) is 0 Å². The minimum atomic E-state index is 0.634. The summed E-state index contributed by atoms with van der Waals surface area (Å²) in [6.45, 7) is 5.88. The van der Waals surface area contributed by atoms with Gasteiger partial charge in [-0.3, -0.25) is 4.98 Å². The van der Waals surface area contributed by atoms with Crippen molar-refractivity contribution in [2.24, 2.45) is 0 Å². The zero-order valence-corrected chi connectivity index (χ0v) is 11.7. The molecular weight excluding hydrogens is 234 g/mol. The number of benzene rings is 1. The van der Waals surface area contributed by atoms with E-state index in [1.807, 2.05) is 44.0 Å². The highest BCUT2D eigenvalue weighted by atomic mass is 15.1. The number of aryl methyl sites for hydroxylation is 3. The molecule has 0 amide bonds. The molecular formula is C16H17N3. The fourth-order valence-electron chi connectivity index (χ4n) is 2.19. The number of nitrogens with zero attached hydrogens (tertiary/aromatic N) is 3. The zero-order chi connectivity index (χ0) is 14.0. The van der Waals surface area contributed by atoms with E-state index in [0.717, 1.165) is 22.8 Å². The summed E-state index contributed by atoms with van der Waals surface area (Å²) >= 11 is 0. The third kappa shape index (κ3) is 2.58. The van der Waals surface area contributed by atoms with Crippen molar-refractivity contribution in [1.29, 1.82) is 5.26 Å². The number of aromatic nitrogens is 1. The summed E-state index contributed by atoms with van der Waals surface area (Å²) < 4.78 is 0. The third-order valence-corrected chi connectivity index (χ3v) is 3.17. The van der Waals surface area contributed by atoms with Gasteiger partial charge in [-0.25, -0.2) is 0 Å². The highest BCUT2D eigenvalue weighted by molar-refractivity contribution is 5.70. The van der Waals surface area contributed by atoms with Gasteiger partial charge in [0.15, 0.2) is 0 Å². The molecule has 0 saturated carbocycles. The summed E-state index contributed by atoms with van der Waals surface area (Å²) in [7, 11) is 1.98. The van der Waals surface area contributed by atoms with Gasteiger partial charge in [-0.15, -0.1) is 0 Å². The van der Waals surface area contributed by atoms with Crippen molar-refractivity contribution in [3.8, 4) is 6.07 Å². The van der Waals surface area contributed by atoms with Gasteiger partial charge in [-0.1, -0.05) is 12.1 Å². The lowest BCUT2D eigenvalue weighted by atomic mass is 10.1. The molecule has 96 valence electrons. The van der Waals surface area contributed by atoms with E-state index in [-0.39, 0.29) is 0 Å². The van der Waals surface area contributed by atoms with Crippen molar-refractivity contribution >= 4 is 11.4 Å². The molecule has 0 saturated heterocycles. The Morgan fingerprint density at radius 2 is 1.89 bits per heavy atom. The lowest BCUT2D eigenvalue weighted by Gasteiger charge is -2.22. The normalized spacial score (nSPS) is 10.1. The first kappa shape index (κ1) is 13.1. The second-order valence-electron chi connectivity index (χ2n) is 4.75. The van der Waals surface area contributed by atoms with E-state index in [1.165, 1.54) is 5.56 Å². The van der Waals surface area contributed by atoms with Crippen LogP contribution in [0.4, 0.5) is 11.4 Å². The monoisotopic (exact) mass is 251 g/mol. The Bertz CT molecular complexity index is 654. The van der Waals surface area contributed by atoms with Gasteiger partial charge < -0.3 is 4.90 Å². The predicted molar refractivity (Wildman–Crippen MR) is 77.7 cm³/mol. The summed E-state index contributed by atoms with van der Waals surface area (Å²) in [5, 5.41) is 9.32. The molecule has 0 radical (unpaired) electrons. The minimum absolute atomic E-state index is 0.634. The van der Waals surface area contributed by atoms with Crippen LogP contribution in [0.15, 0.2) is 30.3 Å². The van der Waals surface area contributed by atoms with Crippen molar-refractivity contribution in [1.82, 2.24) is 4.98 Å². The maximum Gasteiger partial charge on any atom is 0.103 e. The predicted octanol–water partition coefficient (Wildman–Crippen LogP) is 3.65. The number of hydrogen-bond acceptors (Lipinski definition) is 3.